The van der Waals surface area contributed by atoms with Crippen molar-refractivity contribution in [3.05, 3.63) is 145 Å². The highest BCUT2D eigenvalue weighted by Crippen LogP contribution is 2.38. The van der Waals surface area contributed by atoms with Gasteiger partial charge in [-0.05, 0) is 83.4 Å². The second-order valence-corrected chi connectivity index (χ2v) is 14.3. The Bertz CT molecular complexity index is 1950. The molecular weight excluding hydrogens is 712 g/mol. The van der Waals surface area contributed by atoms with E-state index in [4.69, 9.17) is 46.4 Å². The maximum Gasteiger partial charge on any atom is 0.268 e. The van der Waals surface area contributed by atoms with Gasteiger partial charge in [0.05, 0.1) is 17.3 Å². The molecule has 13 heteroatoms. The number of halogens is 6. The quantitative estimate of drug-likeness (QED) is 0.176. The third kappa shape index (κ3) is 8.47. The fourth-order valence-electron chi connectivity index (χ4n) is 4.98. The molecule has 0 aliphatic heterocycles. The number of allylic oxidation sites excluding steroid dienone is 2. The van der Waals surface area contributed by atoms with Gasteiger partial charge < -0.3 is 10.0 Å². The summed E-state index contributed by atoms with van der Waals surface area (Å²) in [6.45, 7) is 0.0377. The van der Waals surface area contributed by atoms with E-state index in [1.54, 1.807) is 35.3 Å². The van der Waals surface area contributed by atoms with Crippen LogP contribution in [0.1, 0.15) is 27.9 Å². The first-order valence-electron chi connectivity index (χ1n) is 14.1. The minimum absolute atomic E-state index is 0.0138. The van der Waals surface area contributed by atoms with Gasteiger partial charge in [-0.2, -0.15) is 0 Å². The van der Waals surface area contributed by atoms with Crippen molar-refractivity contribution in [1.29, 1.82) is 0 Å². The Morgan fingerprint density at radius 3 is 2.09 bits per heavy atom. The van der Waals surface area contributed by atoms with Crippen LogP contribution >= 0.6 is 46.4 Å². The zero-order valence-corrected chi connectivity index (χ0v) is 28.2. The van der Waals surface area contributed by atoms with E-state index in [2.05, 4.69) is 0 Å². The topological polar surface area (TPSA) is 77.9 Å². The number of nitrogens with zero attached hydrogens (tertiary/aromatic N) is 2. The largest absolute Gasteiger partial charge is 0.505 e. The Morgan fingerprint density at radius 2 is 1.47 bits per heavy atom. The van der Waals surface area contributed by atoms with Crippen LogP contribution in [0.3, 0.4) is 0 Å². The third-order valence-corrected chi connectivity index (χ3v) is 10.0. The molecule has 1 atom stereocenters. The number of carbonyl (C=O) groups excluding carboxylic acids is 1. The SMILES string of the molecule is O=C(c1ccc(N(Cc2ccc(F)cc2)S(=O)(=O)c2cc(Cl)cc(Cl)c2O)cc1)N(CC1=CCC(F)C=C1)Cc1cc(Cl)cc(Cl)c1. The van der Waals surface area contributed by atoms with Crippen molar-refractivity contribution in [3.63, 3.8) is 0 Å². The summed E-state index contributed by atoms with van der Waals surface area (Å²) in [7, 11) is -4.51. The van der Waals surface area contributed by atoms with E-state index in [1.165, 1.54) is 60.7 Å². The average molecular weight is 738 g/mol. The number of benzene rings is 4. The number of amides is 1. The highest BCUT2D eigenvalue weighted by molar-refractivity contribution is 7.93. The molecule has 1 unspecified atom stereocenters. The number of hydrogen-bond acceptors (Lipinski definition) is 4. The Balaban J connectivity index is 1.50. The minimum Gasteiger partial charge on any atom is -0.505 e. The molecule has 5 rings (SSSR count). The van der Waals surface area contributed by atoms with Crippen LogP contribution in [0.4, 0.5) is 14.5 Å². The van der Waals surface area contributed by atoms with E-state index in [-0.39, 0.29) is 47.4 Å². The molecule has 1 aliphatic rings. The Kier molecular flexibility index (Phi) is 10.8. The number of sulfonamides is 1. The number of rotatable bonds is 10. The molecule has 1 N–H and O–H groups in total. The van der Waals surface area contributed by atoms with Crippen LogP contribution in [0, 0.1) is 5.82 Å². The van der Waals surface area contributed by atoms with Gasteiger partial charge in [-0.1, -0.05) is 76.8 Å². The third-order valence-electron chi connectivity index (χ3n) is 7.28. The maximum absolute atomic E-state index is 14.0. The molecule has 0 heterocycles. The second kappa shape index (κ2) is 14.7. The van der Waals surface area contributed by atoms with Gasteiger partial charge in [0.1, 0.15) is 16.9 Å². The van der Waals surface area contributed by atoms with Crippen molar-refractivity contribution in [3.8, 4) is 5.75 Å². The summed E-state index contributed by atoms with van der Waals surface area (Å²) in [6.07, 6.45) is 3.90. The van der Waals surface area contributed by atoms with Crippen molar-refractivity contribution in [2.45, 2.75) is 30.6 Å². The summed E-state index contributed by atoms with van der Waals surface area (Å²) < 4.78 is 56.4. The zero-order valence-electron chi connectivity index (χ0n) is 24.4. The Labute approximate surface area is 291 Å². The summed E-state index contributed by atoms with van der Waals surface area (Å²) in [4.78, 5) is 14.9. The summed E-state index contributed by atoms with van der Waals surface area (Å²) in [6, 6.07) is 18.3. The van der Waals surface area contributed by atoms with Gasteiger partial charge in [-0.3, -0.25) is 9.10 Å². The van der Waals surface area contributed by atoms with Gasteiger partial charge in [0.15, 0.2) is 5.75 Å². The van der Waals surface area contributed by atoms with Gasteiger partial charge in [0, 0.05) is 40.1 Å². The van der Waals surface area contributed by atoms with Crippen LogP contribution in [0.5, 0.6) is 5.75 Å². The molecule has 0 spiro atoms. The van der Waals surface area contributed by atoms with E-state index in [1.807, 2.05) is 0 Å². The lowest BCUT2D eigenvalue weighted by molar-refractivity contribution is 0.0759. The molecule has 4 aromatic rings. The first-order valence-corrected chi connectivity index (χ1v) is 17.1. The monoisotopic (exact) mass is 736 g/mol. The predicted octanol–water partition coefficient (Wildman–Crippen LogP) is 9.41. The normalized spacial score (nSPS) is 14.5. The van der Waals surface area contributed by atoms with E-state index in [0.29, 0.717) is 21.2 Å². The summed E-state index contributed by atoms with van der Waals surface area (Å²) in [5.74, 6) is -1.58. The standard InChI is InChI=1S/C34H26Cl4F2N2O4S/c35-25-13-23(14-26(36)15-25)19-41(18-21-1-7-28(39)8-2-21)34(44)24-5-11-30(12-6-24)42(20-22-3-9-29(40)10-4-22)47(45,46)32-17-27(37)16-31(38)33(32)43/h1-7,9-17,28,43H,8,18-20H2. The number of aromatic hydroxyl groups is 1. The van der Waals surface area contributed by atoms with Crippen molar-refractivity contribution in [1.82, 2.24) is 4.90 Å². The molecular formula is C34H26Cl4F2N2O4S. The minimum atomic E-state index is -4.51. The molecule has 6 nitrogen and oxygen atoms in total. The van der Waals surface area contributed by atoms with Crippen LogP contribution < -0.4 is 4.31 Å². The Morgan fingerprint density at radius 1 is 0.830 bits per heavy atom. The average Bonchev–Trinajstić information content (AvgIpc) is 3.02. The van der Waals surface area contributed by atoms with Crippen LogP contribution in [-0.2, 0) is 23.1 Å². The van der Waals surface area contributed by atoms with Gasteiger partial charge in [0.2, 0.25) is 0 Å². The lowest BCUT2D eigenvalue weighted by Gasteiger charge is -2.27. The number of phenolic OH excluding ortho intramolecular Hbond substituents is 1. The highest BCUT2D eigenvalue weighted by Gasteiger charge is 2.30. The zero-order chi connectivity index (χ0) is 33.9. The smallest absolute Gasteiger partial charge is 0.268 e. The molecule has 0 aromatic heterocycles. The van der Waals surface area contributed by atoms with E-state index >= 15 is 0 Å². The van der Waals surface area contributed by atoms with Crippen molar-refractivity contribution in [2.75, 3.05) is 10.8 Å². The van der Waals surface area contributed by atoms with Crippen molar-refractivity contribution in [2.24, 2.45) is 0 Å². The summed E-state index contributed by atoms with van der Waals surface area (Å²) in [5.41, 5.74) is 2.24. The predicted molar refractivity (Wildman–Crippen MR) is 182 cm³/mol. The number of alkyl halides is 1. The molecule has 47 heavy (non-hydrogen) atoms. The van der Waals surface area contributed by atoms with Crippen LogP contribution in [0.25, 0.3) is 0 Å². The van der Waals surface area contributed by atoms with E-state index < -0.39 is 38.6 Å². The molecule has 0 bridgehead atoms. The van der Waals surface area contributed by atoms with Gasteiger partial charge >= 0.3 is 0 Å². The van der Waals surface area contributed by atoms with Gasteiger partial charge in [-0.15, -0.1) is 0 Å². The number of hydrogen-bond donors (Lipinski definition) is 1. The molecule has 1 amide bonds. The Hall–Kier alpha value is -3.60. The van der Waals surface area contributed by atoms with Crippen LogP contribution in [0.2, 0.25) is 20.1 Å². The first-order chi connectivity index (χ1) is 22.3. The number of phenols is 1. The summed E-state index contributed by atoms with van der Waals surface area (Å²) in [5, 5.41) is 11.1. The molecule has 0 fully saturated rings. The fourth-order valence-corrected chi connectivity index (χ4v) is 7.75. The molecule has 1 aliphatic carbocycles. The first kappa shape index (κ1) is 34.7. The molecule has 0 saturated carbocycles. The van der Waals surface area contributed by atoms with E-state index in [9.17, 15) is 27.1 Å². The van der Waals surface area contributed by atoms with Crippen LogP contribution in [-0.4, -0.2) is 37.0 Å². The maximum atomic E-state index is 14.0. The molecule has 244 valence electrons. The number of anilines is 1. The number of carbonyl (C=O) groups is 1. The van der Waals surface area contributed by atoms with E-state index in [0.717, 1.165) is 15.9 Å². The lowest BCUT2D eigenvalue weighted by Crippen LogP contribution is -2.33. The fraction of sp³-hybridized carbons (Fsp3) is 0.147. The molecule has 0 radical (unpaired) electrons. The lowest BCUT2D eigenvalue weighted by atomic mass is 10.0. The summed E-state index contributed by atoms with van der Waals surface area (Å²) >= 11 is 24.5. The van der Waals surface area contributed by atoms with Gasteiger partial charge in [-0.25, -0.2) is 17.2 Å². The molecule has 0 saturated heterocycles. The van der Waals surface area contributed by atoms with Crippen LogP contribution in [0.15, 0.2) is 108 Å². The second-order valence-electron chi connectivity index (χ2n) is 10.7. The van der Waals surface area contributed by atoms with Crippen molar-refractivity contribution >= 4 is 68.0 Å². The highest BCUT2D eigenvalue weighted by atomic mass is 35.5. The molecule has 4 aromatic carbocycles. The van der Waals surface area contributed by atoms with Gasteiger partial charge in [0.25, 0.3) is 15.9 Å². The van der Waals surface area contributed by atoms with Crippen molar-refractivity contribution < 1.29 is 27.1 Å².